The zero-order valence-electron chi connectivity index (χ0n) is 32.4. The third-order valence-corrected chi connectivity index (χ3v) is 12.5. The van der Waals surface area contributed by atoms with E-state index < -0.39 is 0 Å². The molecule has 4 nitrogen and oxygen atoms in total. The second kappa shape index (κ2) is 12.7. The summed E-state index contributed by atoms with van der Waals surface area (Å²) in [4.78, 5) is 10.9. The first-order valence-corrected chi connectivity index (χ1v) is 20.5. The molecular formula is C56H34N4. The molecule has 0 radical (unpaired) electrons. The Labute approximate surface area is 344 Å². The van der Waals surface area contributed by atoms with Gasteiger partial charge in [0, 0.05) is 43.6 Å². The largest absolute Gasteiger partial charge is 0.309 e. The highest BCUT2D eigenvalue weighted by Crippen LogP contribution is 2.41. The van der Waals surface area contributed by atoms with Crippen molar-refractivity contribution >= 4 is 86.8 Å². The first-order valence-electron chi connectivity index (χ1n) is 20.5. The highest BCUT2D eigenvalue weighted by molar-refractivity contribution is 6.19. The van der Waals surface area contributed by atoms with E-state index in [-0.39, 0.29) is 0 Å². The predicted octanol–water partition coefficient (Wildman–Crippen LogP) is 14.6. The lowest BCUT2D eigenvalue weighted by Gasteiger charge is -2.13. The van der Waals surface area contributed by atoms with E-state index in [9.17, 15) is 0 Å². The Bertz CT molecular complexity index is 3910. The van der Waals surface area contributed by atoms with Gasteiger partial charge in [0.25, 0.3) is 0 Å². The molecule has 0 unspecified atom stereocenters. The molecule has 0 N–H and O–H groups in total. The summed E-state index contributed by atoms with van der Waals surface area (Å²) in [6.07, 6.45) is 0. The number of aromatic nitrogens is 4. The van der Waals surface area contributed by atoms with Gasteiger partial charge in [0.1, 0.15) is 0 Å². The van der Waals surface area contributed by atoms with Crippen LogP contribution in [0.2, 0.25) is 0 Å². The summed E-state index contributed by atoms with van der Waals surface area (Å²) in [5.41, 5.74) is 10.9. The van der Waals surface area contributed by atoms with E-state index in [4.69, 9.17) is 9.97 Å². The van der Waals surface area contributed by atoms with Crippen LogP contribution >= 0.6 is 0 Å². The molecule has 0 aliphatic rings. The molecule has 0 spiro atoms. The number of para-hydroxylation sites is 2. The van der Waals surface area contributed by atoms with Crippen LogP contribution < -0.4 is 0 Å². The third-order valence-electron chi connectivity index (χ3n) is 12.5. The number of hydrogen-bond donors (Lipinski definition) is 0. The minimum Gasteiger partial charge on any atom is -0.309 e. The Morgan fingerprint density at radius 3 is 1.73 bits per heavy atom. The molecule has 278 valence electrons. The molecule has 0 bridgehead atoms. The molecule has 13 rings (SSSR count). The summed E-state index contributed by atoms with van der Waals surface area (Å²) >= 11 is 0. The van der Waals surface area contributed by atoms with Crippen molar-refractivity contribution < 1.29 is 0 Å². The Morgan fingerprint density at radius 1 is 0.300 bits per heavy atom. The maximum Gasteiger partial charge on any atom is 0.235 e. The van der Waals surface area contributed by atoms with Crippen molar-refractivity contribution in [2.75, 3.05) is 0 Å². The first kappa shape index (κ1) is 32.9. The molecule has 0 saturated heterocycles. The van der Waals surface area contributed by atoms with E-state index in [2.05, 4.69) is 215 Å². The summed E-state index contributed by atoms with van der Waals surface area (Å²) in [7, 11) is 0. The van der Waals surface area contributed by atoms with Crippen molar-refractivity contribution in [2.24, 2.45) is 0 Å². The van der Waals surface area contributed by atoms with Gasteiger partial charge in [-0.1, -0.05) is 158 Å². The van der Waals surface area contributed by atoms with E-state index in [0.29, 0.717) is 5.95 Å². The molecule has 60 heavy (non-hydrogen) atoms. The van der Waals surface area contributed by atoms with Crippen molar-refractivity contribution in [1.29, 1.82) is 0 Å². The van der Waals surface area contributed by atoms with Crippen molar-refractivity contribution in [3.63, 3.8) is 0 Å². The van der Waals surface area contributed by atoms with Gasteiger partial charge in [-0.15, -0.1) is 0 Å². The van der Waals surface area contributed by atoms with Crippen LogP contribution in [0, 0.1) is 0 Å². The Morgan fingerprint density at radius 2 is 0.883 bits per heavy atom. The van der Waals surface area contributed by atoms with Crippen LogP contribution in [0.15, 0.2) is 206 Å². The molecule has 13 aromatic rings. The minimum absolute atomic E-state index is 0.652. The van der Waals surface area contributed by atoms with Crippen LogP contribution in [0.3, 0.4) is 0 Å². The number of rotatable bonds is 4. The molecule has 0 atom stereocenters. The van der Waals surface area contributed by atoms with E-state index >= 15 is 0 Å². The smallest absolute Gasteiger partial charge is 0.235 e. The monoisotopic (exact) mass is 762 g/mol. The van der Waals surface area contributed by atoms with Crippen LogP contribution in [0.1, 0.15) is 0 Å². The lowest BCUT2D eigenvalue weighted by atomic mass is 10.0. The summed E-state index contributed by atoms with van der Waals surface area (Å²) in [5.74, 6) is 0.652. The van der Waals surface area contributed by atoms with Gasteiger partial charge in [-0.3, -0.25) is 4.57 Å². The molecule has 10 aromatic carbocycles. The first-order chi connectivity index (χ1) is 29.7. The van der Waals surface area contributed by atoms with Gasteiger partial charge >= 0.3 is 0 Å². The van der Waals surface area contributed by atoms with E-state index in [1.165, 1.54) is 59.5 Å². The van der Waals surface area contributed by atoms with E-state index in [1.54, 1.807) is 0 Å². The summed E-state index contributed by atoms with van der Waals surface area (Å²) < 4.78 is 4.70. The van der Waals surface area contributed by atoms with Crippen LogP contribution in [-0.4, -0.2) is 19.1 Å². The lowest BCUT2D eigenvalue weighted by molar-refractivity contribution is 1.02. The molecule has 0 amide bonds. The maximum atomic E-state index is 5.50. The number of nitrogens with zero attached hydrogens (tertiary/aromatic N) is 4. The van der Waals surface area contributed by atoms with Gasteiger partial charge in [-0.2, -0.15) is 0 Å². The topological polar surface area (TPSA) is 35.6 Å². The fraction of sp³-hybridized carbons (Fsp3) is 0. The van der Waals surface area contributed by atoms with Gasteiger partial charge in [-0.25, -0.2) is 9.97 Å². The van der Waals surface area contributed by atoms with Gasteiger partial charge in [0.2, 0.25) is 5.95 Å². The average molecular weight is 763 g/mol. The average Bonchev–Trinajstić information content (AvgIpc) is 3.83. The maximum absolute atomic E-state index is 5.50. The van der Waals surface area contributed by atoms with Crippen molar-refractivity contribution in [3.05, 3.63) is 206 Å². The van der Waals surface area contributed by atoms with Gasteiger partial charge in [0.05, 0.1) is 33.3 Å². The Hall–Kier alpha value is -8.08. The van der Waals surface area contributed by atoms with Gasteiger partial charge < -0.3 is 4.57 Å². The molecule has 3 aromatic heterocycles. The quantitative estimate of drug-likeness (QED) is 0.179. The molecule has 0 saturated carbocycles. The molecule has 3 heterocycles. The fourth-order valence-corrected chi connectivity index (χ4v) is 9.63. The highest BCUT2D eigenvalue weighted by Gasteiger charge is 2.21. The van der Waals surface area contributed by atoms with E-state index in [1.807, 2.05) is 0 Å². The molecule has 0 fully saturated rings. The molecule has 4 heteroatoms. The molecular weight excluding hydrogens is 729 g/mol. The molecule has 0 aliphatic heterocycles. The third kappa shape index (κ3) is 4.91. The van der Waals surface area contributed by atoms with E-state index in [0.717, 1.165) is 55.4 Å². The van der Waals surface area contributed by atoms with Crippen molar-refractivity contribution in [1.82, 2.24) is 19.1 Å². The second-order valence-corrected chi connectivity index (χ2v) is 15.8. The number of benzene rings is 10. The number of hydrogen-bond acceptors (Lipinski definition) is 2. The summed E-state index contributed by atoms with van der Waals surface area (Å²) in [5, 5.41) is 13.0. The standard InChI is InChI=1S/C56H34N4/c1-3-14-38-31-42(22-21-35(38)11-1)54-48-18-7-9-19-50(48)57-56(58-54)60-53-34-41(25-28-46(53)47-29-24-37-13-5-6-16-44(37)55(47)60)40-26-30-52-49(33-40)45-17-8-10-20-51(45)59(52)43-27-23-36-12-2-4-15-39(36)32-43/h1-34H. The van der Waals surface area contributed by atoms with Crippen molar-refractivity contribution in [2.45, 2.75) is 0 Å². The Balaban J connectivity index is 1.06. The SMILES string of the molecule is c1ccc2cc(-c3nc(-n4c5cc(-c6ccc7c(c6)c6ccccc6n7-c6ccc7ccccc7c6)ccc5c5ccc6ccccc6c54)nc4ccccc34)ccc2c1. The molecule has 0 aliphatic carbocycles. The summed E-state index contributed by atoms with van der Waals surface area (Å²) in [6.45, 7) is 0. The number of fused-ring (bicyclic) bond motifs is 11. The van der Waals surface area contributed by atoms with Gasteiger partial charge in [0.15, 0.2) is 0 Å². The predicted molar refractivity (Wildman–Crippen MR) is 252 cm³/mol. The Kier molecular flexibility index (Phi) is 6.98. The second-order valence-electron chi connectivity index (χ2n) is 15.8. The lowest BCUT2D eigenvalue weighted by Crippen LogP contribution is -2.04. The van der Waals surface area contributed by atoms with Gasteiger partial charge in [-0.05, 0) is 86.6 Å². The van der Waals surface area contributed by atoms with Crippen LogP contribution in [0.4, 0.5) is 0 Å². The van der Waals surface area contributed by atoms with Crippen LogP contribution in [0.25, 0.3) is 121 Å². The summed E-state index contributed by atoms with van der Waals surface area (Å²) in [6, 6.07) is 74.5. The zero-order valence-corrected chi connectivity index (χ0v) is 32.4. The normalized spacial score (nSPS) is 12.0. The highest BCUT2D eigenvalue weighted by atomic mass is 15.2. The zero-order chi connectivity index (χ0) is 39.3. The van der Waals surface area contributed by atoms with Crippen molar-refractivity contribution in [3.8, 4) is 34.0 Å². The van der Waals surface area contributed by atoms with Crippen LogP contribution in [0.5, 0.6) is 0 Å². The van der Waals surface area contributed by atoms with Crippen LogP contribution in [-0.2, 0) is 0 Å². The minimum atomic E-state index is 0.652. The fourth-order valence-electron chi connectivity index (χ4n) is 9.63.